The van der Waals surface area contributed by atoms with E-state index in [9.17, 15) is 0 Å². The van der Waals surface area contributed by atoms with Crippen molar-refractivity contribution < 1.29 is 9.78 Å². The number of rotatable bonds is 4. The van der Waals surface area contributed by atoms with E-state index in [4.69, 9.17) is 9.78 Å². The second kappa shape index (κ2) is 5.55. The van der Waals surface area contributed by atoms with Gasteiger partial charge >= 0.3 is 0 Å². The molecule has 0 spiro atoms. The quantitative estimate of drug-likeness (QED) is 0.506. The standard InChI is InChI=1S/C17H14O2/c1-2-6-14(7-3-1)13-18-19-17-11-10-15-8-4-5-9-16(15)12-17/h1-12H,13H2. The SMILES string of the molecule is c1ccc(COOc2ccc3ccccc3c2)cc1. The first-order valence-electron chi connectivity index (χ1n) is 6.24. The summed E-state index contributed by atoms with van der Waals surface area (Å²) in [5.74, 6) is 0.717. The largest absolute Gasteiger partial charge is 0.337 e. The van der Waals surface area contributed by atoms with Crippen LogP contribution in [0.1, 0.15) is 5.56 Å². The van der Waals surface area contributed by atoms with E-state index in [-0.39, 0.29) is 0 Å². The van der Waals surface area contributed by atoms with Gasteiger partial charge in [-0.1, -0.05) is 60.7 Å². The van der Waals surface area contributed by atoms with Gasteiger partial charge in [-0.15, -0.1) is 0 Å². The maximum absolute atomic E-state index is 5.32. The molecule has 94 valence electrons. The summed E-state index contributed by atoms with van der Waals surface area (Å²) in [6.45, 7) is 0.438. The second-order valence-corrected chi connectivity index (χ2v) is 4.34. The molecule has 0 unspecified atom stereocenters. The van der Waals surface area contributed by atoms with Crippen molar-refractivity contribution in [2.45, 2.75) is 6.61 Å². The average molecular weight is 250 g/mol. The average Bonchev–Trinajstić information content (AvgIpc) is 2.48. The maximum atomic E-state index is 5.32. The van der Waals surface area contributed by atoms with Crippen LogP contribution in [0, 0.1) is 0 Å². The van der Waals surface area contributed by atoms with Gasteiger partial charge in [0.1, 0.15) is 6.61 Å². The Balaban J connectivity index is 1.65. The monoisotopic (exact) mass is 250 g/mol. The van der Waals surface area contributed by atoms with Gasteiger partial charge in [0.2, 0.25) is 0 Å². The summed E-state index contributed by atoms with van der Waals surface area (Å²) in [6.07, 6.45) is 0. The first kappa shape index (κ1) is 11.8. The van der Waals surface area contributed by atoms with Gasteiger partial charge in [-0.05, 0) is 28.5 Å². The van der Waals surface area contributed by atoms with E-state index < -0.39 is 0 Å². The molecule has 3 rings (SSSR count). The van der Waals surface area contributed by atoms with E-state index >= 15 is 0 Å². The van der Waals surface area contributed by atoms with Gasteiger partial charge in [-0.2, -0.15) is 4.89 Å². The highest BCUT2D eigenvalue weighted by Gasteiger charge is 1.98. The Hall–Kier alpha value is -2.32. The molecule has 0 aliphatic rings. The lowest BCUT2D eigenvalue weighted by atomic mass is 10.1. The topological polar surface area (TPSA) is 18.5 Å². The highest BCUT2D eigenvalue weighted by Crippen LogP contribution is 2.20. The van der Waals surface area contributed by atoms with Crippen LogP contribution in [0.2, 0.25) is 0 Å². The lowest BCUT2D eigenvalue weighted by molar-refractivity contribution is -0.217. The van der Waals surface area contributed by atoms with E-state index in [1.165, 1.54) is 5.39 Å². The summed E-state index contributed by atoms with van der Waals surface area (Å²) in [7, 11) is 0. The zero-order valence-electron chi connectivity index (χ0n) is 10.5. The van der Waals surface area contributed by atoms with Gasteiger partial charge in [0.25, 0.3) is 0 Å². The predicted octanol–water partition coefficient (Wildman–Crippen LogP) is 4.35. The van der Waals surface area contributed by atoms with Crippen molar-refractivity contribution in [2.24, 2.45) is 0 Å². The van der Waals surface area contributed by atoms with E-state index in [2.05, 4.69) is 12.1 Å². The molecule has 2 nitrogen and oxygen atoms in total. The molecule has 0 saturated heterocycles. The number of fused-ring (bicyclic) bond motifs is 1. The molecule has 0 aliphatic heterocycles. The first-order chi connectivity index (χ1) is 9.42. The molecular weight excluding hydrogens is 236 g/mol. The molecule has 0 bridgehead atoms. The van der Waals surface area contributed by atoms with Gasteiger partial charge in [0, 0.05) is 0 Å². The first-order valence-corrected chi connectivity index (χ1v) is 6.24. The zero-order valence-corrected chi connectivity index (χ0v) is 10.5. The Morgan fingerprint density at radius 1 is 0.684 bits per heavy atom. The molecule has 3 aromatic carbocycles. The zero-order chi connectivity index (χ0) is 12.9. The molecule has 0 saturated carbocycles. The summed E-state index contributed by atoms with van der Waals surface area (Å²) in [4.78, 5) is 10.6. The third-order valence-corrected chi connectivity index (χ3v) is 2.94. The van der Waals surface area contributed by atoms with Crippen molar-refractivity contribution in [2.75, 3.05) is 0 Å². The molecule has 0 aromatic heterocycles. The third-order valence-electron chi connectivity index (χ3n) is 2.94. The van der Waals surface area contributed by atoms with Gasteiger partial charge in [-0.25, -0.2) is 0 Å². The van der Waals surface area contributed by atoms with Crippen molar-refractivity contribution in [1.29, 1.82) is 0 Å². The molecule has 0 N–H and O–H groups in total. The fraction of sp³-hybridized carbons (Fsp3) is 0.0588. The van der Waals surface area contributed by atoms with Crippen molar-refractivity contribution in [3.8, 4) is 5.75 Å². The fourth-order valence-electron chi connectivity index (χ4n) is 1.96. The minimum absolute atomic E-state index is 0.438. The Labute approximate surface area is 112 Å². The van der Waals surface area contributed by atoms with Crippen molar-refractivity contribution in [1.82, 2.24) is 0 Å². The van der Waals surface area contributed by atoms with E-state index in [0.717, 1.165) is 16.7 Å². The van der Waals surface area contributed by atoms with Gasteiger partial charge in [-0.3, -0.25) is 0 Å². The molecule has 3 aromatic rings. The van der Waals surface area contributed by atoms with Crippen LogP contribution in [0.25, 0.3) is 10.8 Å². The Morgan fingerprint density at radius 3 is 2.26 bits per heavy atom. The van der Waals surface area contributed by atoms with E-state index in [0.29, 0.717) is 6.61 Å². The van der Waals surface area contributed by atoms with Gasteiger partial charge in [0.15, 0.2) is 5.75 Å². The smallest absolute Gasteiger partial charge is 0.166 e. The Bertz CT molecular complexity index is 662. The normalized spacial score (nSPS) is 10.5. The van der Waals surface area contributed by atoms with Gasteiger partial charge in [0.05, 0.1) is 0 Å². The van der Waals surface area contributed by atoms with Crippen molar-refractivity contribution >= 4 is 10.8 Å². The van der Waals surface area contributed by atoms with Crippen LogP contribution in [0.15, 0.2) is 72.8 Å². The lowest BCUT2D eigenvalue weighted by Gasteiger charge is -2.06. The predicted molar refractivity (Wildman–Crippen MR) is 75.8 cm³/mol. The summed E-state index contributed by atoms with van der Waals surface area (Å²) < 4.78 is 0. The fourth-order valence-corrected chi connectivity index (χ4v) is 1.96. The summed E-state index contributed by atoms with van der Waals surface area (Å²) in [6, 6.07) is 24.0. The third kappa shape index (κ3) is 2.92. The summed E-state index contributed by atoms with van der Waals surface area (Å²) in [5, 5.41) is 2.33. The lowest BCUT2D eigenvalue weighted by Crippen LogP contribution is -1.97. The number of hydrogen-bond acceptors (Lipinski definition) is 2. The van der Waals surface area contributed by atoms with Crippen LogP contribution in [0.3, 0.4) is 0 Å². The molecular formula is C17H14O2. The van der Waals surface area contributed by atoms with Crippen LogP contribution in [0.4, 0.5) is 0 Å². The van der Waals surface area contributed by atoms with Crippen LogP contribution in [0.5, 0.6) is 5.75 Å². The van der Waals surface area contributed by atoms with Crippen molar-refractivity contribution in [3.05, 3.63) is 78.4 Å². The number of benzene rings is 3. The summed E-state index contributed by atoms with van der Waals surface area (Å²) >= 11 is 0. The molecule has 0 fully saturated rings. The second-order valence-electron chi connectivity index (χ2n) is 4.34. The van der Waals surface area contributed by atoms with Crippen LogP contribution in [-0.2, 0) is 11.5 Å². The van der Waals surface area contributed by atoms with Crippen LogP contribution >= 0.6 is 0 Å². The molecule has 19 heavy (non-hydrogen) atoms. The summed E-state index contributed by atoms with van der Waals surface area (Å²) in [5.41, 5.74) is 1.09. The van der Waals surface area contributed by atoms with Crippen LogP contribution in [-0.4, -0.2) is 0 Å². The molecule has 0 radical (unpaired) electrons. The van der Waals surface area contributed by atoms with Crippen molar-refractivity contribution in [3.63, 3.8) is 0 Å². The minimum atomic E-state index is 0.438. The Morgan fingerprint density at radius 2 is 1.42 bits per heavy atom. The highest BCUT2D eigenvalue weighted by molar-refractivity contribution is 5.83. The molecule has 0 amide bonds. The maximum Gasteiger partial charge on any atom is 0.166 e. The van der Waals surface area contributed by atoms with Crippen LogP contribution < -0.4 is 4.89 Å². The molecule has 0 heterocycles. The molecule has 0 atom stereocenters. The molecule has 2 heteroatoms. The van der Waals surface area contributed by atoms with E-state index in [1.54, 1.807) is 0 Å². The Kier molecular flexibility index (Phi) is 3.43. The number of hydrogen-bond donors (Lipinski definition) is 0. The minimum Gasteiger partial charge on any atom is -0.337 e. The van der Waals surface area contributed by atoms with E-state index in [1.807, 2.05) is 60.7 Å². The highest BCUT2D eigenvalue weighted by atomic mass is 17.2. The van der Waals surface area contributed by atoms with Gasteiger partial charge < -0.3 is 4.89 Å². The molecule has 0 aliphatic carbocycles.